The first-order chi connectivity index (χ1) is 11.7. The van der Waals surface area contributed by atoms with Gasteiger partial charge in [-0.25, -0.2) is 0 Å². The highest BCUT2D eigenvalue weighted by Gasteiger charge is 2.28. The zero-order chi connectivity index (χ0) is 17.4. The molecule has 1 saturated carbocycles. The molecule has 1 fully saturated rings. The predicted octanol–water partition coefficient (Wildman–Crippen LogP) is 2.40. The van der Waals surface area contributed by atoms with Crippen molar-refractivity contribution >= 4 is 5.96 Å². The fourth-order valence-electron chi connectivity index (χ4n) is 2.57. The molecule has 0 aromatic heterocycles. The minimum Gasteiger partial charge on any atom is -0.489 e. The number of likely N-dealkylation sites (N-methyl/N-ethyl adjacent to an activating group) is 1. The zero-order valence-electron chi connectivity index (χ0n) is 15.1. The number of nitrogens with zero attached hydrogens (tertiary/aromatic N) is 2. The van der Waals surface area contributed by atoms with Crippen molar-refractivity contribution in [1.82, 2.24) is 15.5 Å². The van der Waals surface area contributed by atoms with Gasteiger partial charge in [0.25, 0.3) is 0 Å². The van der Waals surface area contributed by atoms with Crippen LogP contribution >= 0.6 is 0 Å². The second-order valence-electron chi connectivity index (χ2n) is 6.26. The van der Waals surface area contributed by atoms with Crippen LogP contribution in [0.5, 0.6) is 5.75 Å². The maximum atomic E-state index is 5.69. The van der Waals surface area contributed by atoms with Gasteiger partial charge in [-0.1, -0.05) is 30.9 Å². The van der Waals surface area contributed by atoms with E-state index >= 15 is 0 Å². The lowest BCUT2D eigenvalue weighted by Gasteiger charge is -2.25. The van der Waals surface area contributed by atoms with Crippen molar-refractivity contribution in [3.05, 3.63) is 42.5 Å². The van der Waals surface area contributed by atoms with E-state index in [4.69, 9.17) is 4.74 Å². The van der Waals surface area contributed by atoms with Crippen molar-refractivity contribution in [3.8, 4) is 5.75 Å². The number of rotatable bonds is 9. The fraction of sp³-hybridized carbons (Fsp3) is 0.526. The Labute approximate surface area is 145 Å². The third kappa shape index (κ3) is 5.57. The first-order valence-electron chi connectivity index (χ1n) is 8.63. The number of para-hydroxylation sites is 1. The molecule has 0 radical (unpaired) electrons. The largest absolute Gasteiger partial charge is 0.489 e. The van der Waals surface area contributed by atoms with Crippen molar-refractivity contribution in [3.63, 3.8) is 0 Å². The summed E-state index contributed by atoms with van der Waals surface area (Å²) >= 11 is 0. The van der Waals surface area contributed by atoms with E-state index in [1.165, 1.54) is 12.8 Å². The number of nitrogens with one attached hydrogen (secondary N) is 2. The minimum atomic E-state index is 0.485. The van der Waals surface area contributed by atoms with Gasteiger partial charge in [-0.2, -0.15) is 0 Å². The molecule has 0 bridgehead atoms. The smallest absolute Gasteiger partial charge is 0.191 e. The second-order valence-corrected chi connectivity index (χ2v) is 6.26. The molecular formula is C19H30N4O. The number of benzene rings is 1. The van der Waals surface area contributed by atoms with Gasteiger partial charge in [0.1, 0.15) is 12.4 Å². The van der Waals surface area contributed by atoms with Crippen LogP contribution in [0.2, 0.25) is 0 Å². The highest BCUT2D eigenvalue weighted by Crippen LogP contribution is 2.26. The molecule has 1 aliphatic carbocycles. The van der Waals surface area contributed by atoms with Crippen molar-refractivity contribution < 1.29 is 4.74 Å². The van der Waals surface area contributed by atoms with Gasteiger partial charge < -0.3 is 15.4 Å². The van der Waals surface area contributed by atoms with Crippen LogP contribution in [0.15, 0.2) is 41.9 Å². The van der Waals surface area contributed by atoms with Crippen molar-refractivity contribution in [1.29, 1.82) is 0 Å². The molecule has 1 aromatic carbocycles. The van der Waals surface area contributed by atoms with Crippen molar-refractivity contribution in [2.75, 3.05) is 27.2 Å². The Kier molecular flexibility index (Phi) is 7.12. The van der Waals surface area contributed by atoms with Crippen LogP contribution in [0.3, 0.4) is 0 Å². The predicted molar refractivity (Wildman–Crippen MR) is 101 cm³/mol. The number of guanidine groups is 1. The topological polar surface area (TPSA) is 48.9 Å². The fourth-order valence-corrected chi connectivity index (χ4v) is 2.57. The summed E-state index contributed by atoms with van der Waals surface area (Å²) in [6, 6.07) is 9.28. The summed E-state index contributed by atoms with van der Waals surface area (Å²) in [4.78, 5) is 6.75. The van der Waals surface area contributed by atoms with Crippen LogP contribution in [-0.4, -0.2) is 50.2 Å². The molecule has 1 aromatic rings. The van der Waals surface area contributed by atoms with Crippen LogP contribution in [-0.2, 0) is 6.54 Å². The maximum absolute atomic E-state index is 5.69. The second kappa shape index (κ2) is 9.33. The highest BCUT2D eigenvalue weighted by molar-refractivity contribution is 5.79. The first-order valence-corrected chi connectivity index (χ1v) is 8.63. The molecule has 1 atom stereocenters. The van der Waals surface area contributed by atoms with Crippen LogP contribution in [0, 0.1) is 0 Å². The van der Waals surface area contributed by atoms with Gasteiger partial charge >= 0.3 is 0 Å². The Bertz CT molecular complexity index is 554. The minimum absolute atomic E-state index is 0.485. The van der Waals surface area contributed by atoms with E-state index in [9.17, 15) is 0 Å². The van der Waals surface area contributed by atoms with Crippen LogP contribution in [0.4, 0.5) is 0 Å². The van der Waals surface area contributed by atoms with Crippen LogP contribution in [0.25, 0.3) is 0 Å². The van der Waals surface area contributed by atoms with Gasteiger partial charge in [0.05, 0.1) is 0 Å². The van der Waals surface area contributed by atoms with Crippen LogP contribution < -0.4 is 15.4 Å². The number of hydrogen-bond acceptors (Lipinski definition) is 3. The third-order valence-electron chi connectivity index (χ3n) is 4.38. The molecule has 5 heteroatoms. The van der Waals surface area contributed by atoms with Gasteiger partial charge in [-0.15, -0.1) is 0 Å². The highest BCUT2D eigenvalue weighted by atomic mass is 16.5. The lowest BCUT2D eigenvalue weighted by Crippen LogP contribution is -2.45. The lowest BCUT2D eigenvalue weighted by atomic mass is 10.2. The van der Waals surface area contributed by atoms with E-state index < -0.39 is 0 Å². The first kappa shape index (κ1) is 18.3. The SMILES string of the molecule is C=CCOc1ccccc1CNC(=NC)NCC(C)N(C)C1CC1. The number of hydrogen-bond donors (Lipinski definition) is 2. The molecule has 132 valence electrons. The molecule has 1 unspecified atom stereocenters. The van der Waals surface area contributed by atoms with Crippen LogP contribution in [0.1, 0.15) is 25.3 Å². The quantitative estimate of drug-likeness (QED) is 0.415. The molecule has 0 aliphatic heterocycles. The molecule has 0 spiro atoms. The van der Waals surface area contributed by atoms with E-state index in [-0.39, 0.29) is 0 Å². The van der Waals surface area contributed by atoms with Gasteiger partial charge in [0, 0.05) is 37.8 Å². The van der Waals surface area contributed by atoms with Crippen molar-refractivity contribution in [2.24, 2.45) is 4.99 Å². The number of aliphatic imine (C=N–C) groups is 1. The molecule has 0 saturated heterocycles. The Balaban J connectivity index is 1.81. The molecule has 24 heavy (non-hydrogen) atoms. The zero-order valence-corrected chi connectivity index (χ0v) is 15.1. The number of ether oxygens (including phenoxy) is 1. The van der Waals surface area contributed by atoms with Crippen molar-refractivity contribution in [2.45, 2.75) is 38.4 Å². The Morgan fingerprint density at radius 2 is 2.17 bits per heavy atom. The van der Waals surface area contributed by atoms with E-state index in [1.54, 1.807) is 13.1 Å². The van der Waals surface area contributed by atoms with E-state index in [0.717, 1.165) is 29.9 Å². The Morgan fingerprint density at radius 3 is 2.83 bits per heavy atom. The summed E-state index contributed by atoms with van der Waals surface area (Å²) in [7, 11) is 4.00. The monoisotopic (exact) mass is 330 g/mol. The summed E-state index contributed by atoms with van der Waals surface area (Å²) in [6.07, 6.45) is 4.41. The van der Waals surface area contributed by atoms with E-state index in [2.05, 4.69) is 47.1 Å². The average Bonchev–Trinajstić information content (AvgIpc) is 3.45. The maximum Gasteiger partial charge on any atom is 0.191 e. The Morgan fingerprint density at radius 1 is 1.42 bits per heavy atom. The molecule has 2 rings (SSSR count). The third-order valence-corrected chi connectivity index (χ3v) is 4.38. The summed E-state index contributed by atoms with van der Waals surface area (Å²) < 4.78 is 5.69. The van der Waals surface area contributed by atoms with E-state index in [1.807, 2.05) is 18.2 Å². The molecule has 5 nitrogen and oxygen atoms in total. The molecular weight excluding hydrogens is 300 g/mol. The summed E-state index contributed by atoms with van der Waals surface area (Å²) in [5, 5.41) is 6.76. The molecule has 0 heterocycles. The van der Waals surface area contributed by atoms with Gasteiger partial charge in [0.2, 0.25) is 0 Å². The van der Waals surface area contributed by atoms with Gasteiger partial charge in [0.15, 0.2) is 5.96 Å². The molecule has 1 aliphatic rings. The standard InChI is InChI=1S/C19H30N4O/c1-5-12-24-18-9-7-6-8-16(18)14-22-19(20-3)21-13-15(2)23(4)17-10-11-17/h5-9,15,17H,1,10-14H2,2-4H3,(H2,20,21,22). The molecule has 2 N–H and O–H groups in total. The average molecular weight is 330 g/mol. The summed E-state index contributed by atoms with van der Waals surface area (Å²) in [6.45, 7) is 7.99. The van der Waals surface area contributed by atoms with E-state index in [0.29, 0.717) is 19.2 Å². The normalized spacial score (nSPS) is 15.9. The lowest BCUT2D eigenvalue weighted by molar-refractivity contribution is 0.247. The van der Waals surface area contributed by atoms with Gasteiger partial charge in [-0.3, -0.25) is 9.89 Å². The van der Waals surface area contributed by atoms with Gasteiger partial charge in [-0.05, 0) is 32.9 Å². The molecule has 0 amide bonds. The summed E-state index contributed by atoms with van der Waals surface area (Å²) in [5.74, 6) is 1.69. The Hall–Kier alpha value is -2.01. The summed E-state index contributed by atoms with van der Waals surface area (Å²) in [5.41, 5.74) is 1.10.